The Hall–Kier alpha value is -1.48. The number of nitrogens with zero attached hydrogens (tertiary/aromatic N) is 1. The second kappa shape index (κ2) is 7.19. The summed E-state index contributed by atoms with van der Waals surface area (Å²) in [7, 11) is -3.56. The minimum Gasteiger partial charge on any atom is -0.478 e. The molecular weight excluding hydrogens is 308 g/mol. The van der Waals surface area contributed by atoms with E-state index in [1.54, 1.807) is 18.2 Å². The zero-order chi connectivity index (χ0) is 16.2. The Labute approximate surface area is 130 Å². The number of carbonyl (C=O) groups is 1. The zero-order valence-corrected chi connectivity index (χ0v) is 13.2. The second-order valence-corrected chi connectivity index (χ2v) is 6.91. The standard InChI is InChI=1S/C14H20N2O5S/c1-11-10-16(8-9-21-11)22(19,20)15-7-6-12-4-2-3-5-13(12)14(17)18/h2-5,11,15H,6-10H2,1H3,(H,17,18). The van der Waals surface area contributed by atoms with Crippen molar-refractivity contribution in [2.24, 2.45) is 0 Å². The zero-order valence-electron chi connectivity index (χ0n) is 12.4. The Bertz CT molecular complexity index is 632. The van der Waals surface area contributed by atoms with Crippen molar-refractivity contribution in [3.05, 3.63) is 35.4 Å². The van der Waals surface area contributed by atoms with Gasteiger partial charge in [-0.3, -0.25) is 0 Å². The molecule has 1 aliphatic heterocycles. The van der Waals surface area contributed by atoms with Crippen molar-refractivity contribution in [1.82, 2.24) is 9.03 Å². The third kappa shape index (κ3) is 4.26. The van der Waals surface area contributed by atoms with Crippen molar-refractivity contribution in [3.8, 4) is 0 Å². The van der Waals surface area contributed by atoms with Gasteiger partial charge in [0.15, 0.2) is 0 Å². The van der Waals surface area contributed by atoms with E-state index >= 15 is 0 Å². The topological polar surface area (TPSA) is 95.9 Å². The highest BCUT2D eigenvalue weighted by Gasteiger charge is 2.27. The molecule has 1 unspecified atom stereocenters. The van der Waals surface area contributed by atoms with Crippen molar-refractivity contribution >= 4 is 16.2 Å². The minimum absolute atomic E-state index is 0.127. The van der Waals surface area contributed by atoms with Crippen LogP contribution in [0.1, 0.15) is 22.8 Å². The number of carboxylic acids is 1. The van der Waals surface area contributed by atoms with Gasteiger partial charge in [-0.2, -0.15) is 12.7 Å². The molecule has 0 amide bonds. The molecule has 1 fully saturated rings. The van der Waals surface area contributed by atoms with Gasteiger partial charge >= 0.3 is 5.97 Å². The van der Waals surface area contributed by atoms with E-state index in [9.17, 15) is 13.2 Å². The van der Waals surface area contributed by atoms with Crippen LogP contribution in [0.4, 0.5) is 0 Å². The van der Waals surface area contributed by atoms with E-state index in [0.717, 1.165) is 0 Å². The van der Waals surface area contributed by atoms with Gasteiger partial charge in [-0.05, 0) is 25.0 Å². The lowest BCUT2D eigenvalue weighted by Gasteiger charge is -2.30. The third-order valence-corrected chi connectivity index (χ3v) is 5.05. The summed E-state index contributed by atoms with van der Waals surface area (Å²) in [6, 6.07) is 6.58. The van der Waals surface area contributed by atoms with E-state index in [1.165, 1.54) is 10.4 Å². The molecule has 22 heavy (non-hydrogen) atoms. The molecule has 1 aromatic carbocycles. The highest BCUT2D eigenvalue weighted by Crippen LogP contribution is 2.11. The number of aromatic carboxylic acids is 1. The van der Waals surface area contributed by atoms with Crippen molar-refractivity contribution in [1.29, 1.82) is 0 Å². The molecule has 1 aromatic rings. The Balaban J connectivity index is 1.94. The van der Waals surface area contributed by atoms with Gasteiger partial charge in [0.25, 0.3) is 10.2 Å². The number of hydrogen-bond donors (Lipinski definition) is 2. The summed E-state index contributed by atoms with van der Waals surface area (Å²) in [4.78, 5) is 11.1. The van der Waals surface area contributed by atoms with Crippen molar-refractivity contribution in [3.63, 3.8) is 0 Å². The van der Waals surface area contributed by atoms with Crippen LogP contribution < -0.4 is 4.72 Å². The van der Waals surface area contributed by atoms with Crippen LogP contribution in [-0.4, -0.2) is 56.1 Å². The third-order valence-electron chi connectivity index (χ3n) is 3.47. The first kappa shape index (κ1) is 16.9. The largest absolute Gasteiger partial charge is 0.478 e. The summed E-state index contributed by atoms with van der Waals surface area (Å²) >= 11 is 0. The van der Waals surface area contributed by atoms with E-state index < -0.39 is 16.2 Å². The number of hydrogen-bond acceptors (Lipinski definition) is 4. The molecule has 1 aliphatic rings. The van der Waals surface area contributed by atoms with Crippen LogP contribution in [0.5, 0.6) is 0 Å². The molecule has 1 heterocycles. The van der Waals surface area contributed by atoms with Crippen molar-refractivity contribution in [2.75, 3.05) is 26.2 Å². The number of carboxylic acid groups (broad SMARTS) is 1. The maximum atomic E-state index is 12.2. The minimum atomic E-state index is -3.56. The number of nitrogens with one attached hydrogen (secondary N) is 1. The summed E-state index contributed by atoms with van der Waals surface area (Å²) in [5.74, 6) is -1.01. The Morgan fingerprint density at radius 3 is 2.86 bits per heavy atom. The number of morpholine rings is 1. The molecule has 8 heteroatoms. The lowest BCUT2D eigenvalue weighted by atomic mass is 10.1. The molecular formula is C14H20N2O5S. The lowest BCUT2D eigenvalue weighted by Crippen LogP contribution is -2.49. The number of ether oxygens (including phenoxy) is 1. The van der Waals surface area contributed by atoms with Gasteiger partial charge in [0, 0.05) is 19.6 Å². The fourth-order valence-electron chi connectivity index (χ4n) is 2.36. The van der Waals surface area contributed by atoms with Crippen LogP contribution in [0.15, 0.2) is 24.3 Å². The highest BCUT2D eigenvalue weighted by molar-refractivity contribution is 7.87. The summed E-state index contributed by atoms with van der Waals surface area (Å²) in [5.41, 5.74) is 0.801. The van der Waals surface area contributed by atoms with Crippen LogP contribution in [0.3, 0.4) is 0 Å². The van der Waals surface area contributed by atoms with E-state index in [2.05, 4.69) is 4.72 Å². The van der Waals surface area contributed by atoms with Crippen LogP contribution >= 0.6 is 0 Å². The SMILES string of the molecule is CC1CN(S(=O)(=O)NCCc2ccccc2C(=O)O)CCO1. The van der Waals surface area contributed by atoms with E-state index in [4.69, 9.17) is 9.84 Å². The second-order valence-electron chi connectivity index (χ2n) is 5.15. The molecule has 1 atom stereocenters. The maximum Gasteiger partial charge on any atom is 0.335 e. The number of benzene rings is 1. The fourth-order valence-corrected chi connectivity index (χ4v) is 3.62. The van der Waals surface area contributed by atoms with Crippen LogP contribution in [-0.2, 0) is 21.4 Å². The average Bonchev–Trinajstić information content (AvgIpc) is 2.47. The number of rotatable bonds is 6. The summed E-state index contributed by atoms with van der Waals surface area (Å²) in [5, 5.41) is 9.10. The molecule has 0 bridgehead atoms. The highest BCUT2D eigenvalue weighted by atomic mass is 32.2. The molecule has 0 spiro atoms. The van der Waals surface area contributed by atoms with E-state index in [1.807, 2.05) is 6.92 Å². The summed E-state index contributed by atoms with van der Waals surface area (Å²) < 4.78 is 33.6. The fraction of sp³-hybridized carbons (Fsp3) is 0.500. The van der Waals surface area contributed by atoms with Gasteiger partial charge in [-0.1, -0.05) is 18.2 Å². The normalized spacial score (nSPS) is 20.0. The smallest absolute Gasteiger partial charge is 0.335 e. The Morgan fingerprint density at radius 2 is 2.18 bits per heavy atom. The van der Waals surface area contributed by atoms with Gasteiger partial charge in [0.05, 0.1) is 18.3 Å². The molecule has 1 saturated heterocycles. The molecule has 0 aliphatic carbocycles. The Morgan fingerprint density at radius 1 is 1.45 bits per heavy atom. The van der Waals surface area contributed by atoms with Crippen LogP contribution in [0.2, 0.25) is 0 Å². The summed E-state index contributed by atoms with van der Waals surface area (Å²) in [6.45, 7) is 3.00. The molecule has 2 rings (SSSR count). The van der Waals surface area contributed by atoms with Crippen LogP contribution in [0.25, 0.3) is 0 Å². The first-order valence-corrected chi connectivity index (χ1v) is 8.51. The van der Waals surface area contributed by atoms with Gasteiger partial charge in [0.1, 0.15) is 0 Å². The Kier molecular flexibility index (Phi) is 5.52. The first-order valence-electron chi connectivity index (χ1n) is 7.07. The predicted octanol–water partition coefficient (Wildman–Crippen LogP) is 0.482. The summed E-state index contributed by atoms with van der Waals surface area (Å²) in [6.07, 6.45) is 0.194. The van der Waals surface area contributed by atoms with Crippen LogP contribution in [0, 0.1) is 0 Å². The lowest BCUT2D eigenvalue weighted by molar-refractivity contribution is 0.00978. The average molecular weight is 328 g/mol. The quantitative estimate of drug-likeness (QED) is 0.792. The molecule has 122 valence electrons. The van der Waals surface area contributed by atoms with Gasteiger partial charge in [0.2, 0.25) is 0 Å². The molecule has 0 saturated carbocycles. The van der Waals surface area contributed by atoms with Crippen molar-refractivity contribution in [2.45, 2.75) is 19.4 Å². The predicted molar refractivity (Wildman–Crippen MR) is 81.0 cm³/mol. The van der Waals surface area contributed by atoms with E-state index in [-0.39, 0.29) is 18.2 Å². The van der Waals surface area contributed by atoms with Gasteiger partial charge in [-0.25, -0.2) is 9.52 Å². The van der Waals surface area contributed by atoms with E-state index in [0.29, 0.717) is 31.7 Å². The monoisotopic (exact) mass is 328 g/mol. The molecule has 0 radical (unpaired) electrons. The van der Waals surface area contributed by atoms with Gasteiger partial charge < -0.3 is 9.84 Å². The van der Waals surface area contributed by atoms with Crippen molar-refractivity contribution < 1.29 is 23.1 Å². The maximum absolute atomic E-state index is 12.2. The first-order chi connectivity index (χ1) is 10.4. The molecule has 7 nitrogen and oxygen atoms in total. The van der Waals surface area contributed by atoms with Gasteiger partial charge in [-0.15, -0.1) is 0 Å². The molecule has 0 aromatic heterocycles. The molecule has 2 N–H and O–H groups in total.